The maximum absolute atomic E-state index is 13.1. The Bertz CT molecular complexity index is 511. The minimum atomic E-state index is -0.283. The van der Waals surface area contributed by atoms with Gasteiger partial charge >= 0.3 is 0 Å². The molecule has 0 aliphatic heterocycles. The molecule has 2 rings (SSSR count). The van der Waals surface area contributed by atoms with Gasteiger partial charge in [0.25, 0.3) is 0 Å². The molecular formula is C12H8FN. The lowest BCUT2D eigenvalue weighted by atomic mass is 10.0. The lowest BCUT2D eigenvalue weighted by molar-refractivity contribution is 0.628. The molecular weight excluding hydrogens is 177 g/mol. The summed E-state index contributed by atoms with van der Waals surface area (Å²) in [5.41, 5.74) is 0.753. The van der Waals surface area contributed by atoms with Crippen LogP contribution < -0.4 is 0 Å². The van der Waals surface area contributed by atoms with E-state index < -0.39 is 0 Å². The molecule has 0 unspecified atom stereocenters. The summed E-state index contributed by atoms with van der Waals surface area (Å²) in [6.07, 6.45) is 0.248. The molecule has 0 aromatic heterocycles. The molecule has 0 atom stereocenters. The molecule has 0 radical (unpaired) electrons. The molecule has 0 spiro atoms. The highest BCUT2D eigenvalue weighted by Crippen LogP contribution is 2.20. The van der Waals surface area contributed by atoms with E-state index in [0.29, 0.717) is 0 Å². The van der Waals surface area contributed by atoms with E-state index in [1.165, 1.54) is 12.1 Å². The quantitative estimate of drug-likeness (QED) is 0.669. The van der Waals surface area contributed by atoms with Gasteiger partial charge in [0.05, 0.1) is 12.5 Å². The molecule has 1 nitrogen and oxygen atoms in total. The van der Waals surface area contributed by atoms with Crippen molar-refractivity contribution in [2.45, 2.75) is 6.42 Å². The summed E-state index contributed by atoms with van der Waals surface area (Å²) in [6, 6.07) is 12.4. The number of nitrogens with zero attached hydrogens (tertiary/aromatic N) is 1. The molecule has 0 fully saturated rings. The zero-order valence-electron chi connectivity index (χ0n) is 7.50. The van der Waals surface area contributed by atoms with Crippen molar-refractivity contribution in [3.63, 3.8) is 0 Å². The topological polar surface area (TPSA) is 23.8 Å². The number of fused-ring (bicyclic) bond motifs is 1. The predicted octanol–water partition coefficient (Wildman–Crippen LogP) is 3.04. The van der Waals surface area contributed by atoms with Crippen molar-refractivity contribution in [3.05, 3.63) is 47.8 Å². The minimum Gasteiger partial charge on any atom is -0.207 e. The molecule has 0 amide bonds. The highest BCUT2D eigenvalue weighted by molar-refractivity contribution is 5.86. The largest absolute Gasteiger partial charge is 0.207 e. The van der Waals surface area contributed by atoms with Crippen LogP contribution in [0, 0.1) is 17.1 Å². The van der Waals surface area contributed by atoms with Gasteiger partial charge in [0.15, 0.2) is 0 Å². The lowest BCUT2D eigenvalue weighted by Gasteiger charge is -2.02. The van der Waals surface area contributed by atoms with Gasteiger partial charge in [-0.15, -0.1) is 0 Å². The molecule has 2 aromatic carbocycles. The van der Waals surface area contributed by atoms with E-state index in [4.69, 9.17) is 5.26 Å². The van der Waals surface area contributed by atoms with Crippen molar-refractivity contribution in [3.8, 4) is 6.07 Å². The van der Waals surface area contributed by atoms with Crippen LogP contribution >= 0.6 is 0 Å². The fraction of sp³-hybridized carbons (Fsp3) is 0.0833. The Balaban J connectivity index is 2.74. The van der Waals surface area contributed by atoms with E-state index >= 15 is 0 Å². The van der Waals surface area contributed by atoms with Gasteiger partial charge in [0, 0.05) is 0 Å². The van der Waals surface area contributed by atoms with Crippen LogP contribution in [0.25, 0.3) is 10.8 Å². The Morgan fingerprint density at radius 2 is 2.00 bits per heavy atom. The van der Waals surface area contributed by atoms with Crippen molar-refractivity contribution < 1.29 is 4.39 Å². The summed E-state index contributed by atoms with van der Waals surface area (Å²) in [4.78, 5) is 0. The van der Waals surface area contributed by atoms with Gasteiger partial charge in [-0.25, -0.2) is 4.39 Å². The Hall–Kier alpha value is -1.88. The maximum Gasteiger partial charge on any atom is 0.124 e. The zero-order valence-corrected chi connectivity index (χ0v) is 7.50. The first-order valence-corrected chi connectivity index (χ1v) is 4.35. The van der Waals surface area contributed by atoms with E-state index in [1.54, 1.807) is 0 Å². The molecule has 68 valence electrons. The number of benzene rings is 2. The van der Waals surface area contributed by atoms with E-state index in [-0.39, 0.29) is 12.2 Å². The van der Waals surface area contributed by atoms with Crippen LogP contribution in [0.4, 0.5) is 4.39 Å². The normalized spacial score (nSPS) is 10.0. The summed E-state index contributed by atoms with van der Waals surface area (Å²) in [5, 5.41) is 10.4. The van der Waals surface area contributed by atoms with Crippen LogP contribution in [0.1, 0.15) is 5.56 Å². The molecule has 0 aliphatic carbocycles. The molecule has 2 heteroatoms. The molecule has 0 saturated heterocycles. The van der Waals surface area contributed by atoms with Crippen molar-refractivity contribution in [2.75, 3.05) is 0 Å². The monoisotopic (exact) mass is 185 g/mol. The minimum absolute atomic E-state index is 0.248. The predicted molar refractivity (Wildman–Crippen MR) is 53.2 cm³/mol. The maximum atomic E-state index is 13.1. The highest BCUT2D eigenvalue weighted by Gasteiger charge is 2.02. The fourth-order valence-electron chi connectivity index (χ4n) is 1.58. The summed E-state index contributed by atoms with van der Waals surface area (Å²) in [5.74, 6) is -0.283. The number of rotatable bonds is 1. The van der Waals surface area contributed by atoms with Crippen molar-refractivity contribution >= 4 is 10.8 Å². The van der Waals surface area contributed by atoms with Crippen molar-refractivity contribution in [1.82, 2.24) is 0 Å². The van der Waals surface area contributed by atoms with Gasteiger partial charge in [-0.3, -0.25) is 0 Å². The standard InChI is InChI=1S/C12H8FN/c13-11-7-9-3-1-2-4-12(9)10(8-11)5-6-14/h1-4,7-8H,5H2. The number of hydrogen-bond donors (Lipinski definition) is 0. The first-order chi connectivity index (χ1) is 6.81. The fourth-order valence-corrected chi connectivity index (χ4v) is 1.58. The molecule has 0 bridgehead atoms. The van der Waals surface area contributed by atoms with Crippen LogP contribution in [0.15, 0.2) is 36.4 Å². The van der Waals surface area contributed by atoms with Gasteiger partial charge in [-0.05, 0) is 28.5 Å². The first-order valence-electron chi connectivity index (χ1n) is 4.35. The Morgan fingerprint density at radius 1 is 1.21 bits per heavy atom. The summed E-state index contributed by atoms with van der Waals surface area (Å²) in [6.45, 7) is 0. The zero-order chi connectivity index (χ0) is 9.97. The van der Waals surface area contributed by atoms with Gasteiger partial charge in [-0.2, -0.15) is 5.26 Å². The third-order valence-electron chi connectivity index (χ3n) is 2.18. The van der Waals surface area contributed by atoms with Crippen molar-refractivity contribution in [1.29, 1.82) is 5.26 Å². The van der Waals surface area contributed by atoms with Gasteiger partial charge in [-0.1, -0.05) is 24.3 Å². The second-order valence-corrected chi connectivity index (χ2v) is 3.12. The van der Waals surface area contributed by atoms with Crippen LogP contribution in [0.2, 0.25) is 0 Å². The second kappa shape index (κ2) is 3.47. The number of hydrogen-bond acceptors (Lipinski definition) is 1. The molecule has 0 N–H and O–H groups in total. The average molecular weight is 185 g/mol. The van der Waals surface area contributed by atoms with E-state index in [2.05, 4.69) is 0 Å². The smallest absolute Gasteiger partial charge is 0.124 e. The SMILES string of the molecule is N#CCc1cc(F)cc2ccccc12. The Labute approximate surface area is 81.4 Å². The summed E-state index contributed by atoms with van der Waals surface area (Å²) in [7, 11) is 0. The Morgan fingerprint density at radius 3 is 2.79 bits per heavy atom. The van der Waals surface area contributed by atoms with E-state index in [9.17, 15) is 4.39 Å². The second-order valence-electron chi connectivity index (χ2n) is 3.12. The average Bonchev–Trinajstić information content (AvgIpc) is 2.18. The molecule has 0 saturated carbocycles. The number of nitriles is 1. The van der Waals surface area contributed by atoms with Gasteiger partial charge < -0.3 is 0 Å². The van der Waals surface area contributed by atoms with Gasteiger partial charge in [0.1, 0.15) is 5.82 Å². The molecule has 2 aromatic rings. The molecule has 0 aliphatic rings. The third-order valence-corrected chi connectivity index (χ3v) is 2.18. The molecule has 0 heterocycles. The number of halogens is 1. The Kier molecular flexibility index (Phi) is 2.16. The van der Waals surface area contributed by atoms with E-state index in [0.717, 1.165) is 16.3 Å². The lowest BCUT2D eigenvalue weighted by Crippen LogP contribution is -1.87. The third kappa shape index (κ3) is 1.45. The van der Waals surface area contributed by atoms with Crippen LogP contribution in [-0.4, -0.2) is 0 Å². The first kappa shape index (κ1) is 8.71. The van der Waals surface area contributed by atoms with E-state index in [1.807, 2.05) is 30.3 Å². The van der Waals surface area contributed by atoms with Crippen molar-refractivity contribution in [2.24, 2.45) is 0 Å². The summed E-state index contributed by atoms with van der Waals surface area (Å²) < 4.78 is 13.1. The molecule has 14 heavy (non-hydrogen) atoms. The van der Waals surface area contributed by atoms with Crippen LogP contribution in [-0.2, 0) is 6.42 Å². The summed E-state index contributed by atoms with van der Waals surface area (Å²) >= 11 is 0. The van der Waals surface area contributed by atoms with Gasteiger partial charge in [0.2, 0.25) is 0 Å². The van der Waals surface area contributed by atoms with Crippen LogP contribution in [0.5, 0.6) is 0 Å². The van der Waals surface area contributed by atoms with Crippen LogP contribution in [0.3, 0.4) is 0 Å². The highest BCUT2D eigenvalue weighted by atomic mass is 19.1.